The highest BCUT2D eigenvalue weighted by Crippen LogP contribution is 2.30. The summed E-state index contributed by atoms with van der Waals surface area (Å²) in [6, 6.07) is 18.4. The van der Waals surface area contributed by atoms with Gasteiger partial charge < -0.3 is 14.4 Å². The van der Waals surface area contributed by atoms with Gasteiger partial charge in [-0.3, -0.25) is 0 Å². The SMILES string of the molecule is C[C](C)CC(Oc1ccccc1)c1cccc(OCCCN2CCCCC2)c1. The van der Waals surface area contributed by atoms with E-state index in [0.29, 0.717) is 0 Å². The number of piperidine rings is 1. The molecule has 1 fully saturated rings. The molecule has 0 N–H and O–H groups in total. The quantitative estimate of drug-likeness (QED) is 0.467. The number of hydrogen-bond donors (Lipinski definition) is 0. The molecule has 151 valence electrons. The number of para-hydroxylation sites is 1. The van der Waals surface area contributed by atoms with Crippen LogP contribution in [0.15, 0.2) is 54.6 Å². The van der Waals surface area contributed by atoms with Crippen LogP contribution >= 0.6 is 0 Å². The molecule has 0 aromatic heterocycles. The van der Waals surface area contributed by atoms with Crippen molar-refractivity contribution in [3.05, 3.63) is 66.1 Å². The molecule has 3 heteroatoms. The fourth-order valence-electron chi connectivity index (χ4n) is 3.73. The average Bonchev–Trinajstić information content (AvgIpc) is 2.72. The van der Waals surface area contributed by atoms with Gasteiger partial charge in [0.25, 0.3) is 0 Å². The second-order valence-corrected chi connectivity index (χ2v) is 8.01. The minimum atomic E-state index is 0.00398. The molecule has 1 saturated heterocycles. The van der Waals surface area contributed by atoms with Gasteiger partial charge in [0.05, 0.1) is 6.61 Å². The highest BCUT2D eigenvalue weighted by atomic mass is 16.5. The first kappa shape index (κ1) is 20.7. The Kier molecular flexibility index (Phi) is 8.23. The maximum absolute atomic E-state index is 6.29. The van der Waals surface area contributed by atoms with Crippen LogP contribution in [0.2, 0.25) is 0 Å². The third-order valence-electron chi connectivity index (χ3n) is 5.18. The summed E-state index contributed by atoms with van der Waals surface area (Å²) in [7, 11) is 0. The first-order chi connectivity index (χ1) is 13.7. The van der Waals surface area contributed by atoms with E-state index in [1.54, 1.807) is 0 Å². The largest absolute Gasteiger partial charge is 0.494 e. The zero-order chi connectivity index (χ0) is 19.6. The van der Waals surface area contributed by atoms with E-state index in [1.807, 2.05) is 36.4 Å². The Balaban J connectivity index is 1.55. The molecular weight excluding hydrogens is 346 g/mol. The Morgan fingerprint density at radius 3 is 2.43 bits per heavy atom. The lowest BCUT2D eigenvalue weighted by molar-refractivity contribution is 0.197. The molecule has 0 aliphatic carbocycles. The smallest absolute Gasteiger partial charge is 0.124 e. The van der Waals surface area contributed by atoms with Crippen LogP contribution in [0.3, 0.4) is 0 Å². The molecule has 28 heavy (non-hydrogen) atoms. The van der Waals surface area contributed by atoms with E-state index in [0.717, 1.165) is 37.5 Å². The third kappa shape index (κ3) is 6.87. The summed E-state index contributed by atoms with van der Waals surface area (Å²) < 4.78 is 12.3. The van der Waals surface area contributed by atoms with Crippen LogP contribution in [0.1, 0.15) is 57.6 Å². The van der Waals surface area contributed by atoms with Gasteiger partial charge >= 0.3 is 0 Å². The van der Waals surface area contributed by atoms with Gasteiger partial charge in [0.2, 0.25) is 0 Å². The van der Waals surface area contributed by atoms with E-state index in [4.69, 9.17) is 9.47 Å². The van der Waals surface area contributed by atoms with Crippen LogP contribution in [-0.2, 0) is 0 Å². The molecule has 1 atom stereocenters. The van der Waals surface area contributed by atoms with E-state index in [2.05, 4.69) is 36.9 Å². The fraction of sp³-hybridized carbons (Fsp3) is 0.480. The van der Waals surface area contributed by atoms with Crippen LogP contribution in [0.5, 0.6) is 11.5 Å². The van der Waals surface area contributed by atoms with Crippen molar-refractivity contribution in [2.75, 3.05) is 26.2 Å². The van der Waals surface area contributed by atoms with E-state index < -0.39 is 0 Å². The molecule has 1 radical (unpaired) electrons. The highest BCUT2D eigenvalue weighted by Gasteiger charge is 2.16. The molecule has 3 nitrogen and oxygen atoms in total. The monoisotopic (exact) mass is 380 g/mol. The zero-order valence-corrected chi connectivity index (χ0v) is 17.4. The molecule has 0 saturated carbocycles. The highest BCUT2D eigenvalue weighted by molar-refractivity contribution is 5.32. The van der Waals surface area contributed by atoms with Gasteiger partial charge in [-0.15, -0.1) is 0 Å². The van der Waals surface area contributed by atoms with Gasteiger partial charge in [-0.05, 0) is 74.5 Å². The Morgan fingerprint density at radius 2 is 1.68 bits per heavy atom. The van der Waals surface area contributed by atoms with Crippen molar-refractivity contribution in [1.29, 1.82) is 0 Å². The molecule has 2 aromatic rings. The Labute approximate surface area is 170 Å². The molecule has 1 aliphatic heterocycles. The van der Waals surface area contributed by atoms with E-state index >= 15 is 0 Å². The van der Waals surface area contributed by atoms with Crippen molar-refractivity contribution in [3.63, 3.8) is 0 Å². The lowest BCUT2D eigenvalue weighted by Gasteiger charge is -2.26. The number of likely N-dealkylation sites (tertiary alicyclic amines) is 1. The first-order valence-electron chi connectivity index (χ1n) is 10.7. The molecule has 0 spiro atoms. The number of benzene rings is 2. The molecule has 1 heterocycles. The lowest BCUT2D eigenvalue weighted by atomic mass is 9.99. The standard InChI is InChI=1S/C25H34NO2/c1-21(2)19-25(28-23-12-5-3-6-13-23)22-11-9-14-24(20-22)27-18-10-17-26-15-7-4-8-16-26/h3,5-6,9,11-14,20,25H,4,7-8,10,15-19H2,1-2H3. The van der Waals surface area contributed by atoms with Gasteiger partial charge in [0.15, 0.2) is 0 Å². The first-order valence-corrected chi connectivity index (χ1v) is 10.7. The van der Waals surface area contributed by atoms with Crippen LogP contribution in [0, 0.1) is 5.92 Å². The average molecular weight is 381 g/mol. The minimum absolute atomic E-state index is 0.00398. The predicted octanol–water partition coefficient (Wildman–Crippen LogP) is 6.07. The number of rotatable bonds is 10. The van der Waals surface area contributed by atoms with E-state index in [-0.39, 0.29) is 6.10 Å². The molecule has 2 aromatic carbocycles. The van der Waals surface area contributed by atoms with Gasteiger partial charge in [-0.25, -0.2) is 0 Å². The van der Waals surface area contributed by atoms with Crippen molar-refractivity contribution < 1.29 is 9.47 Å². The summed E-state index contributed by atoms with van der Waals surface area (Å²) in [4.78, 5) is 2.56. The molecular formula is C25H34NO2. The molecule has 1 unspecified atom stereocenters. The van der Waals surface area contributed by atoms with Crippen LogP contribution in [0.25, 0.3) is 0 Å². The number of nitrogens with zero attached hydrogens (tertiary/aromatic N) is 1. The molecule has 0 bridgehead atoms. The maximum Gasteiger partial charge on any atom is 0.124 e. The number of ether oxygens (including phenoxy) is 2. The van der Waals surface area contributed by atoms with Crippen LogP contribution in [0.4, 0.5) is 0 Å². The summed E-state index contributed by atoms with van der Waals surface area (Å²) in [6.07, 6.45) is 6.06. The topological polar surface area (TPSA) is 21.7 Å². The van der Waals surface area contributed by atoms with Crippen molar-refractivity contribution in [3.8, 4) is 11.5 Å². The van der Waals surface area contributed by atoms with Gasteiger partial charge in [0, 0.05) is 6.54 Å². The lowest BCUT2D eigenvalue weighted by Crippen LogP contribution is -2.31. The molecule has 0 amide bonds. The molecule has 3 rings (SSSR count). The van der Waals surface area contributed by atoms with Crippen LogP contribution in [-0.4, -0.2) is 31.1 Å². The normalized spacial score (nSPS) is 16.1. The summed E-state index contributed by atoms with van der Waals surface area (Å²) in [5.41, 5.74) is 1.17. The Morgan fingerprint density at radius 1 is 0.929 bits per heavy atom. The minimum Gasteiger partial charge on any atom is -0.494 e. The summed E-state index contributed by atoms with van der Waals surface area (Å²) in [5, 5.41) is 0. The van der Waals surface area contributed by atoms with Gasteiger partial charge in [-0.1, -0.05) is 50.6 Å². The van der Waals surface area contributed by atoms with Crippen molar-refractivity contribution in [2.24, 2.45) is 0 Å². The second-order valence-electron chi connectivity index (χ2n) is 8.01. The summed E-state index contributed by atoms with van der Waals surface area (Å²) >= 11 is 0. The van der Waals surface area contributed by atoms with Crippen molar-refractivity contribution >= 4 is 0 Å². The third-order valence-corrected chi connectivity index (χ3v) is 5.18. The Hall–Kier alpha value is -2.00. The van der Waals surface area contributed by atoms with E-state index in [1.165, 1.54) is 43.8 Å². The summed E-state index contributed by atoms with van der Waals surface area (Å²) in [5.74, 6) is 3.20. The predicted molar refractivity (Wildman–Crippen MR) is 116 cm³/mol. The maximum atomic E-state index is 6.29. The van der Waals surface area contributed by atoms with E-state index in [9.17, 15) is 0 Å². The fourth-order valence-corrected chi connectivity index (χ4v) is 3.73. The Bertz CT molecular complexity index is 680. The number of hydrogen-bond acceptors (Lipinski definition) is 3. The summed E-state index contributed by atoms with van der Waals surface area (Å²) in [6.45, 7) is 8.72. The molecule has 1 aliphatic rings. The van der Waals surface area contributed by atoms with Gasteiger partial charge in [0.1, 0.15) is 17.6 Å². The zero-order valence-electron chi connectivity index (χ0n) is 17.4. The van der Waals surface area contributed by atoms with Crippen molar-refractivity contribution in [1.82, 2.24) is 4.90 Å². The van der Waals surface area contributed by atoms with Crippen LogP contribution < -0.4 is 9.47 Å². The second kappa shape index (κ2) is 11.1. The van der Waals surface area contributed by atoms with Crippen molar-refractivity contribution in [2.45, 2.75) is 52.1 Å². The van der Waals surface area contributed by atoms with Gasteiger partial charge in [-0.2, -0.15) is 0 Å².